The van der Waals surface area contributed by atoms with Crippen LogP contribution in [-0.2, 0) is 6.42 Å². The van der Waals surface area contributed by atoms with E-state index < -0.39 is 0 Å². The Morgan fingerprint density at radius 1 is 1.04 bits per heavy atom. The molecule has 3 aromatic rings. The highest BCUT2D eigenvalue weighted by atomic mass is 16.5. The van der Waals surface area contributed by atoms with E-state index in [1.54, 1.807) is 7.11 Å². The largest absolute Gasteiger partial charge is 0.497 e. The minimum absolute atomic E-state index is 0.813. The fourth-order valence-electron chi connectivity index (χ4n) is 3.03. The number of hydrogen-bond donors (Lipinski definition) is 0. The molecule has 0 N–H and O–H groups in total. The Balaban J connectivity index is 2.11. The van der Waals surface area contributed by atoms with Gasteiger partial charge in [0.15, 0.2) is 5.82 Å². The molecule has 0 aliphatic rings. The second kappa shape index (κ2) is 6.97. The van der Waals surface area contributed by atoms with Gasteiger partial charge >= 0.3 is 0 Å². The molecular weight excluding hydrogens is 312 g/mol. The number of rotatable bonds is 5. The van der Waals surface area contributed by atoms with Gasteiger partial charge in [-0.15, -0.1) is 10.2 Å². The van der Waals surface area contributed by atoms with E-state index in [4.69, 9.17) is 4.74 Å². The third-order valence-corrected chi connectivity index (χ3v) is 4.31. The van der Waals surface area contributed by atoms with Crippen molar-refractivity contribution < 1.29 is 4.74 Å². The lowest BCUT2D eigenvalue weighted by atomic mass is 10.1. The molecule has 0 aliphatic carbocycles. The summed E-state index contributed by atoms with van der Waals surface area (Å²) in [5, 5.41) is 8.85. The van der Waals surface area contributed by atoms with E-state index in [-0.39, 0.29) is 0 Å². The van der Waals surface area contributed by atoms with E-state index in [2.05, 4.69) is 65.8 Å². The van der Waals surface area contributed by atoms with Crippen molar-refractivity contribution in [2.24, 2.45) is 0 Å². The first-order chi connectivity index (χ1) is 12.0. The number of anilines is 1. The number of ether oxygens (including phenoxy) is 1. The zero-order valence-corrected chi connectivity index (χ0v) is 15.4. The van der Waals surface area contributed by atoms with E-state index in [0.29, 0.717) is 0 Å². The van der Waals surface area contributed by atoms with Crippen LogP contribution < -0.4 is 9.64 Å². The summed E-state index contributed by atoms with van der Waals surface area (Å²) in [6.45, 7) is 4.21. The predicted molar refractivity (Wildman–Crippen MR) is 102 cm³/mol. The summed E-state index contributed by atoms with van der Waals surface area (Å²) < 4.78 is 7.38. The van der Waals surface area contributed by atoms with Gasteiger partial charge in [0.25, 0.3) is 0 Å². The van der Waals surface area contributed by atoms with Crippen LogP contribution in [0.1, 0.15) is 18.3 Å². The molecule has 0 fully saturated rings. The smallest absolute Gasteiger partial charge is 0.168 e. The van der Waals surface area contributed by atoms with Gasteiger partial charge in [-0.2, -0.15) is 0 Å². The molecular formula is C20H24N4O. The molecule has 0 aliphatic heterocycles. The number of nitrogens with zero attached hydrogens (tertiary/aromatic N) is 4. The Morgan fingerprint density at radius 3 is 2.32 bits per heavy atom. The maximum absolute atomic E-state index is 5.26. The Morgan fingerprint density at radius 2 is 1.76 bits per heavy atom. The van der Waals surface area contributed by atoms with Crippen molar-refractivity contribution in [1.82, 2.24) is 14.8 Å². The van der Waals surface area contributed by atoms with E-state index in [1.807, 2.05) is 24.3 Å². The molecule has 0 spiro atoms. The Labute approximate surface area is 148 Å². The number of methoxy groups -OCH3 is 1. The lowest BCUT2D eigenvalue weighted by Gasteiger charge is -2.17. The summed E-state index contributed by atoms with van der Waals surface area (Å²) in [6, 6.07) is 14.4. The molecule has 0 saturated heterocycles. The molecule has 130 valence electrons. The van der Waals surface area contributed by atoms with Gasteiger partial charge in [-0.05, 0) is 55.0 Å². The van der Waals surface area contributed by atoms with Crippen molar-refractivity contribution in [2.75, 3.05) is 26.1 Å². The maximum atomic E-state index is 5.26. The molecule has 1 aromatic heterocycles. The van der Waals surface area contributed by atoms with Crippen LogP contribution in [0.5, 0.6) is 5.75 Å². The van der Waals surface area contributed by atoms with Crippen molar-refractivity contribution in [3.8, 4) is 22.8 Å². The number of aryl methyl sites for hydroxylation is 2. The highest BCUT2D eigenvalue weighted by Gasteiger charge is 2.15. The van der Waals surface area contributed by atoms with Crippen molar-refractivity contribution in [3.63, 3.8) is 0 Å². The third kappa shape index (κ3) is 3.22. The minimum atomic E-state index is 0.813. The lowest BCUT2D eigenvalue weighted by molar-refractivity contribution is 0.414. The van der Waals surface area contributed by atoms with Crippen LogP contribution >= 0.6 is 0 Å². The second-order valence-electron chi connectivity index (χ2n) is 6.22. The first kappa shape index (κ1) is 17.0. The monoisotopic (exact) mass is 336 g/mol. The fourth-order valence-corrected chi connectivity index (χ4v) is 3.03. The molecule has 3 rings (SSSR count). The summed E-state index contributed by atoms with van der Waals surface area (Å²) in [7, 11) is 5.78. The van der Waals surface area contributed by atoms with Crippen molar-refractivity contribution in [3.05, 3.63) is 53.9 Å². The van der Waals surface area contributed by atoms with Gasteiger partial charge in [0, 0.05) is 37.5 Å². The van der Waals surface area contributed by atoms with Crippen LogP contribution in [0.4, 0.5) is 5.69 Å². The fraction of sp³-hybridized carbons (Fsp3) is 0.300. The van der Waals surface area contributed by atoms with Crippen LogP contribution in [0.3, 0.4) is 0 Å². The summed E-state index contributed by atoms with van der Waals surface area (Å²) in [5.41, 5.74) is 4.51. The van der Waals surface area contributed by atoms with Gasteiger partial charge in [-0.3, -0.25) is 4.57 Å². The average molecular weight is 336 g/mol. The summed E-state index contributed by atoms with van der Waals surface area (Å²) in [5.74, 6) is 2.63. The first-order valence-corrected chi connectivity index (χ1v) is 8.42. The van der Waals surface area contributed by atoms with Crippen molar-refractivity contribution >= 4 is 5.69 Å². The van der Waals surface area contributed by atoms with Crippen molar-refractivity contribution in [2.45, 2.75) is 20.3 Å². The van der Waals surface area contributed by atoms with Gasteiger partial charge in [0.2, 0.25) is 0 Å². The summed E-state index contributed by atoms with van der Waals surface area (Å²) in [4.78, 5) is 2.12. The Hall–Kier alpha value is -2.82. The molecule has 0 bridgehead atoms. The van der Waals surface area contributed by atoms with E-state index in [9.17, 15) is 0 Å². The van der Waals surface area contributed by atoms with E-state index >= 15 is 0 Å². The molecule has 0 amide bonds. The number of aromatic nitrogens is 3. The minimum Gasteiger partial charge on any atom is -0.497 e. The highest BCUT2D eigenvalue weighted by Crippen LogP contribution is 2.28. The molecule has 0 unspecified atom stereocenters. The first-order valence-electron chi connectivity index (χ1n) is 8.42. The molecule has 5 nitrogen and oxygen atoms in total. The quantitative estimate of drug-likeness (QED) is 0.709. The van der Waals surface area contributed by atoms with Crippen LogP contribution in [0.25, 0.3) is 17.1 Å². The zero-order chi connectivity index (χ0) is 18.0. The van der Waals surface area contributed by atoms with Crippen LogP contribution in [-0.4, -0.2) is 36.0 Å². The molecule has 0 atom stereocenters. The van der Waals surface area contributed by atoms with Gasteiger partial charge in [-0.25, -0.2) is 0 Å². The Kier molecular flexibility index (Phi) is 4.74. The molecule has 0 radical (unpaired) electrons. The number of benzene rings is 2. The zero-order valence-electron chi connectivity index (χ0n) is 15.4. The van der Waals surface area contributed by atoms with Crippen LogP contribution in [0, 0.1) is 6.92 Å². The predicted octanol–water partition coefficient (Wildman–Crippen LogP) is 3.88. The molecule has 2 aromatic carbocycles. The maximum Gasteiger partial charge on any atom is 0.168 e. The molecule has 5 heteroatoms. The summed E-state index contributed by atoms with van der Waals surface area (Å²) >= 11 is 0. The topological polar surface area (TPSA) is 43.2 Å². The summed E-state index contributed by atoms with van der Waals surface area (Å²) in [6.07, 6.45) is 0.813. The highest BCUT2D eigenvalue weighted by molar-refractivity contribution is 5.66. The average Bonchev–Trinajstić information content (AvgIpc) is 3.05. The normalized spacial score (nSPS) is 10.8. The van der Waals surface area contributed by atoms with Crippen LogP contribution in [0.15, 0.2) is 42.5 Å². The Bertz CT molecular complexity index is 866. The SMILES string of the molecule is CCc1nnc(-c2ccc(N(C)C)c(C)c2)n1-c1ccc(OC)cc1. The molecule has 0 saturated carbocycles. The van der Waals surface area contributed by atoms with Crippen molar-refractivity contribution in [1.29, 1.82) is 0 Å². The van der Waals surface area contributed by atoms with E-state index in [1.165, 1.54) is 11.3 Å². The molecule has 25 heavy (non-hydrogen) atoms. The lowest BCUT2D eigenvalue weighted by Crippen LogP contribution is -2.10. The van der Waals surface area contributed by atoms with Gasteiger partial charge in [0.1, 0.15) is 11.6 Å². The number of hydrogen-bond acceptors (Lipinski definition) is 4. The van der Waals surface area contributed by atoms with Gasteiger partial charge in [0.05, 0.1) is 7.11 Å². The third-order valence-electron chi connectivity index (χ3n) is 4.31. The van der Waals surface area contributed by atoms with Gasteiger partial charge in [-0.1, -0.05) is 6.92 Å². The second-order valence-corrected chi connectivity index (χ2v) is 6.22. The van der Waals surface area contributed by atoms with Crippen LogP contribution in [0.2, 0.25) is 0 Å². The standard InChI is InChI=1S/C20H24N4O/c1-6-19-21-22-20(15-7-12-18(23(3)4)14(2)13-15)24(19)16-8-10-17(25-5)11-9-16/h7-13H,6H2,1-5H3. The van der Waals surface area contributed by atoms with E-state index in [0.717, 1.165) is 35.1 Å². The molecule has 1 heterocycles. The van der Waals surface area contributed by atoms with Gasteiger partial charge < -0.3 is 9.64 Å².